The summed E-state index contributed by atoms with van der Waals surface area (Å²) in [7, 11) is 0. The number of hydrogen-bond acceptors (Lipinski definition) is 9. The molecule has 0 bridgehead atoms. The predicted molar refractivity (Wildman–Crippen MR) is 137 cm³/mol. The molecule has 2 aliphatic heterocycles. The van der Waals surface area contributed by atoms with E-state index in [4.69, 9.17) is 14.9 Å². The van der Waals surface area contributed by atoms with Crippen LogP contribution in [0.5, 0.6) is 0 Å². The van der Waals surface area contributed by atoms with Gasteiger partial charge in [-0.1, -0.05) is 0 Å². The molecule has 1 aromatic carbocycles. The number of morpholine rings is 1. The fraction of sp³-hybridized carbons (Fsp3) is 0.520. The van der Waals surface area contributed by atoms with Crippen molar-refractivity contribution < 1.29 is 14.3 Å². The number of carbonyl (C=O) groups is 1. The Balaban J connectivity index is 1.49. The molecule has 2 saturated heterocycles. The number of ether oxygens (including phenoxy) is 2. The van der Waals surface area contributed by atoms with Crippen molar-refractivity contribution in [1.82, 2.24) is 14.9 Å². The molecule has 188 valence electrons. The zero-order chi connectivity index (χ0) is 25.0. The quantitative estimate of drug-likeness (QED) is 0.626. The van der Waals surface area contributed by atoms with Crippen LogP contribution in [0.4, 0.5) is 27.8 Å². The van der Waals surface area contributed by atoms with Crippen LogP contribution in [0.15, 0.2) is 24.5 Å². The molecule has 35 heavy (non-hydrogen) atoms. The van der Waals surface area contributed by atoms with Crippen molar-refractivity contribution in [2.24, 2.45) is 0 Å². The first kappa shape index (κ1) is 24.7. The average Bonchev–Trinajstić information content (AvgIpc) is 2.84. The van der Waals surface area contributed by atoms with Crippen LogP contribution in [0.3, 0.4) is 0 Å². The van der Waals surface area contributed by atoms with Gasteiger partial charge in [0.25, 0.3) is 0 Å². The largest absolute Gasteiger partial charge is 0.444 e. The monoisotopic (exact) mass is 481 g/mol. The number of aryl methyl sites for hydroxylation is 1. The molecule has 1 aromatic heterocycles. The summed E-state index contributed by atoms with van der Waals surface area (Å²) >= 11 is 0. The van der Waals surface area contributed by atoms with Crippen molar-refractivity contribution >= 4 is 35.3 Å². The van der Waals surface area contributed by atoms with E-state index in [0.29, 0.717) is 45.2 Å². The van der Waals surface area contributed by atoms with Gasteiger partial charge in [-0.05, 0) is 45.4 Å². The van der Waals surface area contributed by atoms with Gasteiger partial charge in [0.2, 0.25) is 0 Å². The number of aromatic nitrogens is 2. The third kappa shape index (κ3) is 6.19. The van der Waals surface area contributed by atoms with E-state index < -0.39 is 5.60 Å². The summed E-state index contributed by atoms with van der Waals surface area (Å²) in [6.07, 6.45) is 2.64. The molecule has 2 N–H and O–H groups in total. The maximum absolute atomic E-state index is 12.4. The van der Waals surface area contributed by atoms with E-state index in [1.807, 2.05) is 39.8 Å². The van der Waals surface area contributed by atoms with Crippen LogP contribution in [0.2, 0.25) is 0 Å². The zero-order valence-corrected chi connectivity index (χ0v) is 21.0. The molecule has 0 spiro atoms. The summed E-state index contributed by atoms with van der Waals surface area (Å²) in [6, 6.07) is 6.00. The number of nitrogens with one attached hydrogen (secondary N) is 2. The first-order valence-corrected chi connectivity index (χ1v) is 12.0. The normalized spacial score (nSPS) is 16.7. The number of rotatable bonds is 5. The molecule has 0 radical (unpaired) electrons. The number of amides is 1. The van der Waals surface area contributed by atoms with E-state index in [2.05, 4.69) is 31.2 Å². The molecule has 1 amide bonds. The van der Waals surface area contributed by atoms with E-state index in [9.17, 15) is 4.79 Å². The maximum Gasteiger partial charge on any atom is 0.410 e. The summed E-state index contributed by atoms with van der Waals surface area (Å²) < 4.78 is 11.0. The molecule has 0 saturated carbocycles. The molecular weight excluding hydrogens is 446 g/mol. The van der Waals surface area contributed by atoms with Gasteiger partial charge in [-0.25, -0.2) is 14.8 Å². The Labute approximate surface area is 206 Å². The fourth-order valence-corrected chi connectivity index (χ4v) is 4.26. The molecule has 4 rings (SSSR count). The first-order chi connectivity index (χ1) is 16.7. The SMILES string of the molecule is Cc1cc(C=N)c(Nc2cc(N3CCOCC3)ncn2)cc1N1CCN(C(=O)OC(C)(C)C)CC1. The lowest BCUT2D eigenvalue weighted by Crippen LogP contribution is -2.50. The molecule has 0 aliphatic carbocycles. The predicted octanol–water partition coefficient (Wildman–Crippen LogP) is 3.42. The van der Waals surface area contributed by atoms with E-state index >= 15 is 0 Å². The second-order valence-corrected chi connectivity index (χ2v) is 9.81. The Morgan fingerprint density at radius 1 is 1.06 bits per heavy atom. The minimum atomic E-state index is -0.503. The van der Waals surface area contributed by atoms with Crippen molar-refractivity contribution in [2.75, 3.05) is 67.6 Å². The second kappa shape index (κ2) is 10.5. The topological polar surface area (TPSA) is 107 Å². The Morgan fingerprint density at radius 2 is 1.77 bits per heavy atom. The van der Waals surface area contributed by atoms with Crippen molar-refractivity contribution in [3.05, 3.63) is 35.7 Å². The number of piperazine rings is 1. The summed E-state index contributed by atoms with van der Waals surface area (Å²) in [5.74, 6) is 1.53. The minimum absolute atomic E-state index is 0.268. The van der Waals surface area contributed by atoms with Gasteiger partial charge >= 0.3 is 6.09 Å². The van der Waals surface area contributed by atoms with Crippen LogP contribution in [-0.4, -0.2) is 85.3 Å². The van der Waals surface area contributed by atoms with Crippen LogP contribution >= 0.6 is 0 Å². The highest BCUT2D eigenvalue weighted by Crippen LogP contribution is 2.30. The molecule has 10 nitrogen and oxygen atoms in total. The average molecular weight is 482 g/mol. The van der Waals surface area contributed by atoms with Crippen LogP contribution in [-0.2, 0) is 9.47 Å². The van der Waals surface area contributed by atoms with Gasteiger partial charge in [0.1, 0.15) is 23.6 Å². The van der Waals surface area contributed by atoms with E-state index in [-0.39, 0.29) is 6.09 Å². The highest BCUT2D eigenvalue weighted by atomic mass is 16.6. The van der Waals surface area contributed by atoms with Crippen molar-refractivity contribution in [3.63, 3.8) is 0 Å². The smallest absolute Gasteiger partial charge is 0.410 e. The zero-order valence-electron chi connectivity index (χ0n) is 21.0. The lowest BCUT2D eigenvalue weighted by molar-refractivity contribution is 0.0240. The van der Waals surface area contributed by atoms with Crippen molar-refractivity contribution in [3.8, 4) is 0 Å². The third-order valence-corrected chi connectivity index (χ3v) is 6.05. The van der Waals surface area contributed by atoms with Crippen LogP contribution in [0, 0.1) is 12.3 Å². The van der Waals surface area contributed by atoms with Gasteiger partial charge in [0, 0.05) is 62.8 Å². The number of nitrogens with zero attached hydrogens (tertiary/aromatic N) is 5. The van der Waals surface area contributed by atoms with Crippen LogP contribution < -0.4 is 15.1 Å². The summed E-state index contributed by atoms with van der Waals surface area (Å²) in [4.78, 5) is 27.5. The maximum atomic E-state index is 12.4. The summed E-state index contributed by atoms with van der Waals surface area (Å²) in [5, 5.41) is 11.3. The number of carbonyl (C=O) groups excluding carboxylic acids is 1. The van der Waals surface area contributed by atoms with E-state index in [0.717, 1.165) is 41.4 Å². The van der Waals surface area contributed by atoms with Gasteiger partial charge in [-0.2, -0.15) is 0 Å². The molecular formula is C25H35N7O3. The Morgan fingerprint density at radius 3 is 2.43 bits per heavy atom. The Bertz CT molecular complexity index is 1060. The lowest BCUT2D eigenvalue weighted by atomic mass is 10.1. The molecule has 0 atom stereocenters. The Kier molecular flexibility index (Phi) is 7.39. The van der Waals surface area contributed by atoms with Crippen LogP contribution in [0.25, 0.3) is 0 Å². The highest BCUT2D eigenvalue weighted by molar-refractivity contribution is 5.89. The van der Waals surface area contributed by atoms with Crippen molar-refractivity contribution in [1.29, 1.82) is 5.41 Å². The van der Waals surface area contributed by atoms with Gasteiger partial charge < -0.3 is 34.9 Å². The summed E-state index contributed by atoms with van der Waals surface area (Å²) in [6.45, 7) is 13.3. The molecule has 2 aliphatic rings. The molecule has 10 heteroatoms. The van der Waals surface area contributed by atoms with Gasteiger partial charge in [-0.15, -0.1) is 0 Å². The molecule has 0 unspecified atom stereocenters. The van der Waals surface area contributed by atoms with E-state index in [1.54, 1.807) is 11.2 Å². The number of anilines is 4. The lowest BCUT2D eigenvalue weighted by Gasteiger charge is -2.37. The molecule has 3 heterocycles. The molecule has 2 fully saturated rings. The standard InChI is InChI=1S/C25H35N7O3/c1-18-13-19(16-26)20(29-22-15-23(28-17-27-22)31-9-11-34-12-10-31)14-21(18)30-5-7-32(8-6-30)24(33)35-25(2,3)4/h13-17,26H,5-12H2,1-4H3,(H,27,28,29). The molecule has 2 aromatic rings. The van der Waals surface area contributed by atoms with Gasteiger partial charge in [0.05, 0.1) is 18.9 Å². The Hall–Kier alpha value is -3.40. The second-order valence-electron chi connectivity index (χ2n) is 9.81. The third-order valence-electron chi connectivity index (χ3n) is 6.05. The number of benzene rings is 1. The van der Waals surface area contributed by atoms with Gasteiger partial charge in [0.15, 0.2) is 0 Å². The van der Waals surface area contributed by atoms with E-state index in [1.165, 1.54) is 6.21 Å². The minimum Gasteiger partial charge on any atom is -0.444 e. The highest BCUT2D eigenvalue weighted by Gasteiger charge is 2.27. The van der Waals surface area contributed by atoms with Gasteiger partial charge in [-0.3, -0.25) is 0 Å². The van der Waals surface area contributed by atoms with Crippen LogP contribution in [0.1, 0.15) is 31.9 Å². The van der Waals surface area contributed by atoms with Crippen molar-refractivity contribution in [2.45, 2.75) is 33.3 Å². The fourth-order valence-electron chi connectivity index (χ4n) is 4.26. The summed E-state index contributed by atoms with van der Waals surface area (Å²) in [5.41, 5.74) is 3.24. The number of hydrogen-bond donors (Lipinski definition) is 2. The first-order valence-electron chi connectivity index (χ1n) is 12.0.